The van der Waals surface area contributed by atoms with Crippen molar-refractivity contribution in [3.63, 3.8) is 0 Å². The van der Waals surface area contributed by atoms with E-state index >= 15 is 0 Å². The molecule has 4 rings (SSSR count). The second kappa shape index (κ2) is 7.50. The Morgan fingerprint density at radius 3 is 2.70 bits per heavy atom. The zero-order valence-corrected chi connectivity index (χ0v) is 17.3. The van der Waals surface area contributed by atoms with E-state index in [1.807, 2.05) is 53.9 Å². The van der Waals surface area contributed by atoms with Crippen molar-refractivity contribution < 1.29 is 0 Å². The van der Waals surface area contributed by atoms with Crippen molar-refractivity contribution in [2.24, 2.45) is 0 Å². The minimum atomic E-state index is -0.0279. The SMILES string of the molecule is Cc1ccc(-n2c(SCc3ccccc3Cl)nc3ccsc3c2=O)cc1C. The summed E-state index contributed by atoms with van der Waals surface area (Å²) in [6.45, 7) is 4.12. The lowest BCUT2D eigenvalue weighted by Crippen LogP contribution is -2.21. The van der Waals surface area contributed by atoms with E-state index in [0.29, 0.717) is 15.6 Å². The molecule has 0 aliphatic heterocycles. The summed E-state index contributed by atoms with van der Waals surface area (Å²) in [4.78, 5) is 17.9. The Balaban J connectivity index is 1.84. The van der Waals surface area contributed by atoms with Crippen molar-refractivity contribution in [3.05, 3.63) is 86.0 Å². The van der Waals surface area contributed by atoms with Gasteiger partial charge in [-0.3, -0.25) is 9.36 Å². The van der Waals surface area contributed by atoms with Crippen LogP contribution in [0.2, 0.25) is 5.02 Å². The highest BCUT2D eigenvalue weighted by molar-refractivity contribution is 7.98. The van der Waals surface area contributed by atoms with E-state index in [1.54, 1.807) is 4.57 Å². The molecule has 3 nitrogen and oxygen atoms in total. The van der Waals surface area contributed by atoms with Crippen LogP contribution in [-0.2, 0) is 5.75 Å². The maximum Gasteiger partial charge on any atom is 0.276 e. The largest absolute Gasteiger partial charge is 0.276 e. The summed E-state index contributed by atoms with van der Waals surface area (Å²) >= 11 is 9.25. The Bertz CT molecular complexity index is 1200. The van der Waals surface area contributed by atoms with Crippen molar-refractivity contribution in [1.82, 2.24) is 9.55 Å². The van der Waals surface area contributed by atoms with Gasteiger partial charge in [0.15, 0.2) is 5.16 Å². The van der Waals surface area contributed by atoms with E-state index < -0.39 is 0 Å². The number of benzene rings is 2. The number of thiophene rings is 1. The second-order valence-corrected chi connectivity index (χ2v) is 8.58. The van der Waals surface area contributed by atoms with Gasteiger partial charge in [-0.05, 0) is 60.2 Å². The number of halogens is 1. The smallest absolute Gasteiger partial charge is 0.267 e. The molecule has 0 spiro atoms. The van der Waals surface area contributed by atoms with Crippen LogP contribution in [0.4, 0.5) is 0 Å². The summed E-state index contributed by atoms with van der Waals surface area (Å²) in [6, 6.07) is 15.7. The lowest BCUT2D eigenvalue weighted by atomic mass is 10.1. The van der Waals surface area contributed by atoms with Gasteiger partial charge in [0.1, 0.15) is 4.70 Å². The third kappa shape index (κ3) is 3.55. The molecule has 0 fully saturated rings. The van der Waals surface area contributed by atoms with Crippen molar-refractivity contribution in [2.75, 3.05) is 0 Å². The van der Waals surface area contributed by atoms with Gasteiger partial charge in [0.25, 0.3) is 5.56 Å². The minimum Gasteiger partial charge on any atom is -0.267 e. The predicted octanol–water partition coefficient (Wildman–Crippen LogP) is 6.01. The van der Waals surface area contributed by atoms with Crippen LogP contribution in [0.15, 0.2) is 63.9 Å². The number of aromatic nitrogens is 2. The normalized spacial score (nSPS) is 11.2. The Kier molecular flexibility index (Phi) is 5.08. The fourth-order valence-corrected chi connectivity index (χ4v) is 4.90. The number of hydrogen-bond acceptors (Lipinski definition) is 4. The van der Waals surface area contributed by atoms with Gasteiger partial charge < -0.3 is 0 Å². The quantitative estimate of drug-likeness (QED) is 0.304. The molecule has 0 radical (unpaired) electrons. The predicted molar refractivity (Wildman–Crippen MR) is 116 cm³/mol. The van der Waals surface area contributed by atoms with E-state index in [1.165, 1.54) is 28.7 Å². The van der Waals surface area contributed by atoms with Gasteiger partial charge in [0, 0.05) is 10.8 Å². The Morgan fingerprint density at radius 2 is 1.93 bits per heavy atom. The summed E-state index contributed by atoms with van der Waals surface area (Å²) in [5, 5.41) is 3.31. The Hall–Kier alpha value is -2.08. The maximum atomic E-state index is 13.2. The maximum absolute atomic E-state index is 13.2. The van der Waals surface area contributed by atoms with Crippen LogP contribution in [0.1, 0.15) is 16.7 Å². The first-order chi connectivity index (χ1) is 13.0. The van der Waals surface area contributed by atoms with Gasteiger partial charge in [-0.2, -0.15) is 0 Å². The molecule has 0 saturated heterocycles. The first-order valence-corrected chi connectivity index (χ1v) is 10.7. The van der Waals surface area contributed by atoms with Gasteiger partial charge in [0.05, 0.1) is 11.2 Å². The fourth-order valence-electron chi connectivity index (χ4n) is 2.84. The first-order valence-electron chi connectivity index (χ1n) is 8.48. The van der Waals surface area contributed by atoms with Crippen LogP contribution < -0.4 is 5.56 Å². The van der Waals surface area contributed by atoms with Crippen molar-refractivity contribution in [3.8, 4) is 5.69 Å². The number of fused-ring (bicyclic) bond motifs is 1. The molecule has 0 amide bonds. The molecule has 0 atom stereocenters. The van der Waals surface area contributed by atoms with E-state index in [0.717, 1.165) is 27.4 Å². The van der Waals surface area contributed by atoms with Gasteiger partial charge in [0.2, 0.25) is 0 Å². The summed E-state index contributed by atoms with van der Waals surface area (Å²) < 4.78 is 2.39. The number of nitrogens with zero attached hydrogens (tertiary/aromatic N) is 2. The lowest BCUT2D eigenvalue weighted by Gasteiger charge is -2.13. The zero-order valence-electron chi connectivity index (χ0n) is 14.9. The Labute approximate surface area is 170 Å². The number of thioether (sulfide) groups is 1. The molecule has 136 valence electrons. The van der Waals surface area contributed by atoms with Gasteiger partial charge >= 0.3 is 0 Å². The van der Waals surface area contributed by atoms with Crippen molar-refractivity contribution >= 4 is 44.9 Å². The topological polar surface area (TPSA) is 34.9 Å². The van der Waals surface area contributed by atoms with Crippen LogP contribution >= 0.6 is 34.7 Å². The molecule has 27 heavy (non-hydrogen) atoms. The van der Waals surface area contributed by atoms with Gasteiger partial charge in [-0.25, -0.2) is 4.98 Å². The minimum absolute atomic E-state index is 0.0279. The highest BCUT2D eigenvalue weighted by Crippen LogP contribution is 2.29. The van der Waals surface area contributed by atoms with Gasteiger partial charge in [-0.1, -0.05) is 47.6 Å². The van der Waals surface area contributed by atoms with E-state index in [-0.39, 0.29) is 5.56 Å². The molecule has 2 heterocycles. The van der Waals surface area contributed by atoms with E-state index in [9.17, 15) is 4.79 Å². The average molecular weight is 413 g/mol. The molecule has 2 aromatic heterocycles. The highest BCUT2D eigenvalue weighted by atomic mass is 35.5. The standard InChI is InChI=1S/C21H17ClN2OS2/c1-13-7-8-16(11-14(13)2)24-20(25)19-18(9-10-26-19)23-21(24)27-12-15-5-3-4-6-17(15)22/h3-11H,12H2,1-2H3. The average Bonchev–Trinajstić information content (AvgIpc) is 3.13. The van der Waals surface area contributed by atoms with E-state index in [2.05, 4.69) is 13.8 Å². The van der Waals surface area contributed by atoms with Crippen LogP contribution in [-0.4, -0.2) is 9.55 Å². The summed E-state index contributed by atoms with van der Waals surface area (Å²) in [6.07, 6.45) is 0. The van der Waals surface area contributed by atoms with Crippen LogP contribution in [0, 0.1) is 13.8 Å². The molecule has 0 unspecified atom stereocenters. The summed E-state index contributed by atoms with van der Waals surface area (Å²) in [5.41, 5.74) is 4.92. The molecule has 0 aliphatic rings. The van der Waals surface area contributed by atoms with Gasteiger partial charge in [-0.15, -0.1) is 11.3 Å². The summed E-state index contributed by atoms with van der Waals surface area (Å²) in [7, 11) is 0. The zero-order chi connectivity index (χ0) is 19.0. The third-order valence-electron chi connectivity index (χ3n) is 4.51. The molecule has 4 aromatic rings. The lowest BCUT2D eigenvalue weighted by molar-refractivity contribution is 0.820. The molecule has 2 aromatic carbocycles. The fraction of sp³-hybridized carbons (Fsp3) is 0.143. The molecule has 6 heteroatoms. The molecule has 0 N–H and O–H groups in total. The van der Waals surface area contributed by atoms with Crippen LogP contribution in [0.5, 0.6) is 0 Å². The monoisotopic (exact) mass is 412 g/mol. The number of hydrogen-bond donors (Lipinski definition) is 0. The van der Waals surface area contributed by atoms with E-state index in [4.69, 9.17) is 16.6 Å². The molecule has 0 aliphatic carbocycles. The first kappa shape index (κ1) is 18.3. The molecule has 0 bridgehead atoms. The van der Waals surface area contributed by atoms with Crippen molar-refractivity contribution in [2.45, 2.75) is 24.8 Å². The van der Waals surface area contributed by atoms with Crippen LogP contribution in [0.25, 0.3) is 15.9 Å². The van der Waals surface area contributed by atoms with Crippen LogP contribution in [0.3, 0.4) is 0 Å². The third-order valence-corrected chi connectivity index (χ3v) is 6.76. The number of rotatable bonds is 4. The highest BCUT2D eigenvalue weighted by Gasteiger charge is 2.15. The molecule has 0 saturated carbocycles. The number of aryl methyl sites for hydroxylation is 2. The van der Waals surface area contributed by atoms with Crippen molar-refractivity contribution in [1.29, 1.82) is 0 Å². The molecular formula is C21H17ClN2OS2. The summed E-state index contributed by atoms with van der Waals surface area (Å²) in [5.74, 6) is 0.645. The second-order valence-electron chi connectivity index (χ2n) is 6.32. The Morgan fingerprint density at radius 1 is 1.11 bits per heavy atom. The molecular weight excluding hydrogens is 396 g/mol.